The predicted molar refractivity (Wildman–Crippen MR) is 76.5 cm³/mol. The van der Waals surface area contributed by atoms with E-state index in [1.54, 1.807) is 18.9 Å². The summed E-state index contributed by atoms with van der Waals surface area (Å²) < 4.78 is 5.20. The molecular weight excluding hydrogens is 246 g/mol. The number of hydrogen-bond donors (Lipinski definition) is 2. The van der Waals surface area contributed by atoms with Crippen LogP contribution < -0.4 is 10.1 Å². The van der Waals surface area contributed by atoms with E-state index in [1.165, 1.54) is 0 Å². The van der Waals surface area contributed by atoms with Crippen LogP contribution in [0.4, 0.5) is 0 Å². The number of fused-ring (bicyclic) bond motifs is 1. The Morgan fingerprint density at radius 3 is 3.06 bits per heavy atom. The van der Waals surface area contributed by atoms with Gasteiger partial charge in [0.2, 0.25) is 0 Å². The maximum absolute atomic E-state index is 5.20. The lowest BCUT2D eigenvalue weighted by Gasteiger charge is -2.08. The summed E-state index contributed by atoms with van der Waals surface area (Å²) in [6.45, 7) is 6.30. The molecule has 1 atom stereocenters. The lowest BCUT2D eigenvalue weighted by atomic mass is 10.3. The number of methoxy groups -OCH3 is 1. The molecule has 1 aromatic carbocycles. The van der Waals surface area contributed by atoms with Gasteiger partial charge in [0.15, 0.2) is 5.16 Å². The fraction of sp³-hybridized carbons (Fsp3) is 0.462. The van der Waals surface area contributed by atoms with Gasteiger partial charge in [-0.3, -0.25) is 0 Å². The molecule has 1 aromatic heterocycles. The summed E-state index contributed by atoms with van der Waals surface area (Å²) in [6.07, 6.45) is 0. The Morgan fingerprint density at radius 1 is 1.50 bits per heavy atom. The fourth-order valence-corrected chi connectivity index (χ4v) is 2.63. The van der Waals surface area contributed by atoms with Gasteiger partial charge >= 0.3 is 0 Å². The van der Waals surface area contributed by atoms with Crippen LogP contribution in [0.3, 0.4) is 0 Å². The van der Waals surface area contributed by atoms with E-state index < -0.39 is 0 Å². The predicted octanol–water partition coefficient (Wildman–Crippen LogP) is 2.66. The van der Waals surface area contributed by atoms with Gasteiger partial charge in [0.1, 0.15) is 5.75 Å². The number of rotatable bonds is 6. The highest BCUT2D eigenvalue weighted by atomic mass is 32.2. The minimum absolute atomic E-state index is 0.493. The van der Waals surface area contributed by atoms with Gasteiger partial charge in [-0.25, -0.2) is 4.98 Å². The lowest BCUT2D eigenvalue weighted by Crippen LogP contribution is -2.22. The number of thioether (sulfide) groups is 1. The number of aromatic amines is 1. The molecule has 4 nitrogen and oxygen atoms in total. The molecule has 2 rings (SSSR count). The molecule has 18 heavy (non-hydrogen) atoms. The number of nitrogens with one attached hydrogen (secondary N) is 2. The summed E-state index contributed by atoms with van der Waals surface area (Å²) in [5.74, 6) is 0.850. The average Bonchev–Trinajstić information content (AvgIpc) is 2.77. The number of H-pyrrole nitrogens is 1. The highest BCUT2D eigenvalue weighted by Crippen LogP contribution is 2.25. The van der Waals surface area contributed by atoms with Crippen LogP contribution in [0.15, 0.2) is 23.4 Å². The van der Waals surface area contributed by atoms with Gasteiger partial charge in [-0.2, -0.15) is 0 Å². The molecule has 0 aliphatic carbocycles. The molecule has 1 heterocycles. The van der Waals surface area contributed by atoms with E-state index in [2.05, 4.69) is 29.1 Å². The van der Waals surface area contributed by atoms with Crippen molar-refractivity contribution in [3.05, 3.63) is 18.2 Å². The normalized spacial score (nSPS) is 12.8. The summed E-state index contributed by atoms with van der Waals surface area (Å²) >= 11 is 1.75. The lowest BCUT2D eigenvalue weighted by molar-refractivity contribution is 0.415. The van der Waals surface area contributed by atoms with Crippen molar-refractivity contribution in [1.29, 1.82) is 0 Å². The van der Waals surface area contributed by atoms with E-state index in [1.807, 2.05) is 18.2 Å². The van der Waals surface area contributed by atoms with Gasteiger partial charge in [0.05, 0.1) is 18.1 Å². The summed E-state index contributed by atoms with van der Waals surface area (Å²) in [5, 5.41) is 4.79. The van der Waals surface area contributed by atoms with Crippen molar-refractivity contribution in [3.8, 4) is 5.75 Å². The molecule has 5 heteroatoms. The zero-order valence-corrected chi connectivity index (χ0v) is 11.8. The van der Waals surface area contributed by atoms with Crippen molar-refractivity contribution in [2.75, 3.05) is 20.2 Å². The van der Waals surface area contributed by atoms with Crippen LogP contribution in [-0.2, 0) is 0 Å². The molecule has 0 spiro atoms. The van der Waals surface area contributed by atoms with Crippen LogP contribution in [0.1, 0.15) is 13.8 Å². The maximum Gasteiger partial charge on any atom is 0.166 e. The van der Waals surface area contributed by atoms with E-state index in [4.69, 9.17) is 4.74 Å². The SMILES string of the molecule is CCNCC(C)Sc1nc2ccc(OC)cc2[nH]1. The Labute approximate surface area is 112 Å². The van der Waals surface area contributed by atoms with Crippen LogP contribution in [0, 0.1) is 0 Å². The number of ether oxygens (including phenoxy) is 1. The van der Waals surface area contributed by atoms with Gasteiger partial charge in [-0.15, -0.1) is 0 Å². The second-order valence-electron chi connectivity index (χ2n) is 4.16. The summed E-state index contributed by atoms with van der Waals surface area (Å²) in [7, 11) is 1.67. The van der Waals surface area contributed by atoms with Gasteiger partial charge in [-0.05, 0) is 18.7 Å². The third-order valence-corrected chi connectivity index (χ3v) is 3.65. The summed E-state index contributed by atoms with van der Waals surface area (Å²) in [4.78, 5) is 7.88. The number of nitrogens with zero attached hydrogens (tertiary/aromatic N) is 1. The number of aromatic nitrogens is 2. The molecule has 0 aliphatic rings. The van der Waals surface area contributed by atoms with Gasteiger partial charge in [0.25, 0.3) is 0 Å². The molecule has 2 N–H and O–H groups in total. The summed E-state index contributed by atoms with van der Waals surface area (Å²) in [6, 6.07) is 5.88. The van der Waals surface area contributed by atoms with Crippen molar-refractivity contribution in [2.24, 2.45) is 0 Å². The fourth-order valence-electron chi connectivity index (χ4n) is 1.73. The molecule has 0 saturated heterocycles. The first-order valence-electron chi connectivity index (χ1n) is 6.14. The number of hydrogen-bond acceptors (Lipinski definition) is 4. The third kappa shape index (κ3) is 3.17. The van der Waals surface area contributed by atoms with E-state index in [0.29, 0.717) is 5.25 Å². The van der Waals surface area contributed by atoms with Gasteiger partial charge in [-0.1, -0.05) is 25.6 Å². The third-order valence-electron chi connectivity index (χ3n) is 2.66. The highest BCUT2D eigenvalue weighted by Gasteiger charge is 2.08. The first kappa shape index (κ1) is 13.2. The van der Waals surface area contributed by atoms with Crippen LogP contribution >= 0.6 is 11.8 Å². The molecule has 0 bridgehead atoms. The van der Waals surface area contributed by atoms with E-state index in [-0.39, 0.29) is 0 Å². The van der Waals surface area contributed by atoms with E-state index in [9.17, 15) is 0 Å². The van der Waals surface area contributed by atoms with Crippen LogP contribution in [0.5, 0.6) is 5.75 Å². The average molecular weight is 265 g/mol. The first-order chi connectivity index (χ1) is 8.72. The quantitative estimate of drug-likeness (QED) is 0.788. The van der Waals surface area contributed by atoms with Crippen molar-refractivity contribution < 1.29 is 4.74 Å². The van der Waals surface area contributed by atoms with Crippen LogP contribution in [0.25, 0.3) is 11.0 Å². The van der Waals surface area contributed by atoms with Crippen molar-refractivity contribution in [3.63, 3.8) is 0 Å². The number of imidazole rings is 1. The smallest absolute Gasteiger partial charge is 0.166 e. The van der Waals surface area contributed by atoms with Crippen LogP contribution in [0.2, 0.25) is 0 Å². The molecule has 0 amide bonds. The Hall–Kier alpha value is -1.20. The highest BCUT2D eigenvalue weighted by molar-refractivity contribution is 7.99. The van der Waals surface area contributed by atoms with Gasteiger partial charge in [0, 0.05) is 17.9 Å². The summed E-state index contributed by atoms with van der Waals surface area (Å²) in [5.41, 5.74) is 2.00. The molecule has 0 fully saturated rings. The largest absolute Gasteiger partial charge is 0.497 e. The Balaban J connectivity index is 2.09. The molecule has 98 valence electrons. The molecule has 0 radical (unpaired) electrons. The van der Waals surface area contributed by atoms with Crippen molar-refractivity contribution in [2.45, 2.75) is 24.3 Å². The molecule has 0 saturated carbocycles. The van der Waals surface area contributed by atoms with E-state index >= 15 is 0 Å². The molecule has 1 unspecified atom stereocenters. The zero-order valence-electron chi connectivity index (χ0n) is 11.0. The van der Waals surface area contributed by atoms with Crippen LogP contribution in [-0.4, -0.2) is 35.4 Å². The zero-order chi connectivity index (χ0) is 13.0. The second kappa shape index (κ2) is 6.11. The minimum Gasteiger partial charge on any atom is -0.497 e. The van der Waals surface area contributed by atoms with E-state index in [0.717, 1.165) is 35.0 Å². The topological polar surface area (TPSA) is 49.9 Å². The van der Waals surface area contributed by atoms with Crippen molar-refractivity contribution >= 4 is 22.8 Å². The van der Waals surface area contributed by atoms with Gasteiger partial charge < -0.3 is 15.0 Å². The molecule has 2 aromatic rings. The van der Waals surface area contributed by atoms with Crippen molar-refractivity contribution in [1.82, 2.24) is 15.3 Å². The Morgan fingerprint density at radius 2 is 2.33 bits per heavy atom. The number of benzene rings is 1. The first-order valence-corrected chi connectivity index (χ1v) is 7.02. The Bertz CT molecular complexity index is 512. The minimum atomic E-state index is 0.493. The molecule has 0 aliphatic heterocycles. The monoisotopic (exact) mass is 265 g/mol. The second-order valence-corrected chi connectivity index (χ2v) is 5.59. The maximum atomic E-state index is 5.20. The Kier molecular flexibility index (Phi) is 4.49. The standard InChI is InChI=1S/C13H19N3OS/c1-4-14-8-9(2)18-13-15-11-6-5-10(17-3)7-12(11)16-13/h5-7,9,14H,4,8H2,1-3H3,(H,15,16). The molecular formula is C13H19N3OS.